The van der Waals surface area contributed by atoms with Gasteiger partial charge in [0.2, 0.25) is 0 Å². The summed E-state index contributed by atoms with van der Waals surface area (Å²) < 4.78 is 0. The summed E-state index contributed by atoms with van der Waals surface area (Å²) in [7, 11) is 0. The van der Waals surface area contributed by atoms with Crippen molar-refractivity contribution in [2.45, 2.75) is 37.4 Å². The van der Waals surface area contributed by atoms with E-state index >= 15 is 0 Å². The molecule has 0 saturated carbocycles. The molecule has 348 valence electrons. The van der Waals surface area contributed by atoms with Crippen LogP contribution in [-0.2, 0) is 69.1 Å². The van der Waals surface area contributed by atoms with Crippen molar-refractivity contribution in [1.29, 1.82) is 0 Å². The molecule has 0 aliphatic heterocycles. The Hall–Kier alpha value is -8.10. The van der Waals surface area contributed by atoms with Gasteiger partial charge in [-0.3, -0.25) is 0 Å². The Morgan fingerprint density at radius 3 is 0.821 bits per heavy atom. The van der Waals surface area contributed by atoms with E-state index in [1.54, 1.807) is 18.6 Å². The molecule has 0 saturated heterocycles. The minimum Gasteiger partial charge on any atom is -0.548 e. The van der Waals surface area contributed by atoms with Crippen molar-refractivity contribution in [3.8, 4) is 0 Å². The smallest absolute Gasteiger partial charge is 0.548 e. The molecule has 0 spiro atoms. The Morgan fingerprint density at radius 2 is 0.657 bits per heavy atom. The maximum Gasteiger partial charge on any atom is 6.00 e. The second-order valence-corrected chi connectivity index (χ2v) is 12.8. The van der Waals surface area contributed by atoms with Crippen molar-refractivity contribution in [2.75, 3.05) is 0 Å². The van der Waals surface area contributed by atoms with Crippen molar-refractivity contribution < 1.29 is 80.5 Å². The van der Waals surface area contributed by atoms with E-state index in [4.69, 9.17) is 17.2 Å². The molecule has 67 heavy (non-hydrogen) atoms. The molecule has 22 heteroatoms. The number of carbonyl (C=O) groups is 6. The van der Waals surface area contributed by atoms with Crippen LogP contribution in [0.1, 0.15) is 33.8 Å². The first kappa shape index (κ1) is 58.9. The molecule has 0 unspecified atom stereocenters. The Morgan fingerprint density at radius 1 is 0.433 bits per heavy atom. The van der Waals surface area contributed by atoms with Gasteiger partial charge in [-0.15, -0.1) is 0 Å². The molecule has 0 aliphatic rings. The summed E-state index contributed by atoms with van der Waals surface area (Å²) in [6, 6.07) is 25.0. The number of imidazole rings is 3. The van der Waals surface area contributed by atoms with Crippen LogP contribution >= 0.6 is 0 Å². The molecule has 0 amide bonds. The summed E-state index contributed by atoms with van der Waals surface area (Å²) in [6.07, 6.45) is 17.0. The molecule has 3 heterocycles. The van der Waals surface area contributed by atoms with Gasteiger partial charge in [0, 0.05) is 36.7 Å². The third-order valence-corrected chi connectivity index (χ3v) is 7.53. The predicted octanol–water partition coefficient (Wildman–Crippen LogP) is -4.57. The quantitative estimate of drug-likeness (QED) is 0.0417. The summed E-state index contributed by atoms with van der Waals surface area (Å²) in [5.74, 6) is -7.29. The monoisotopic (exact) mass is 1000 g/mol. The van der Waals surface area contributed by atoms with Gasteiger partial charge in [-0.2, -0.15) is 0 Å². The van der Waals surface area contributed by atoms with Crippen LogP contribution in [0.5, 0.6) is 0 Å². The molecule has 6 rings (SSSR count). The zero-order chi connectivity index (χ0) is 49.1. The number of nitrogens with two attached hydrogens (primary N) is 3. The number of carboxylic acid groups (broad SMARTS) is 6. The number of aromatic nitrogens is 6. The van der Waals surface area contributed by atoms with Crippen LogP contribution in [0.4, 0.5) is 0 Å². The number of carbonyl (C=O) groups excluding carboxylic acids is 6. The summed E-state index contributed by atoms with van der Waals surface area (Å²) >= 11 is 0. The molecule has 0 aliphatic carbocycles. The number of aromatic amines is 3. The first-order chi connectivity index (χ1) is 31.5. The van der Waals surface area contributed by atoms with Crippen molar-refractivity contribution in [2.24, 2.45) is 17.2 Å². The van der Waals surface area contributed by atoms with Crippen molar-refractivity contribution in [3.05, 3.63) is 181 Å². The first-order valence-corrected chi connectivity index (χ1v) is 19.1. The van der Waals surface area contributed by atoms with Crippen LogP contribution in [0.25, 0.3) is 18.2 Å². The van der Waals surface area contributed by atoms with Crippen molar-refractivity contribution in [3.63, 3.8) is 0 Å². The normalized spacial score (nSPS) is 11.3. The summed E-state index contributed by atoms with van der Waals surface area (Å²) in [5.41, 5.74) is 20.3. The number of benzene rings is 3. The second kappa shape index (κ2) is 35.3. The molecule has 0 fully saturated rings. The molecule has 3 aromatic heterocycles. The maximum absolute atomic E-state index is 10.3. The number of rotatable bonds is 15. The van der Waals surface area contributed by atoms with E-state index in [1.165, 1.54) is 37.2 Å². The Kier molecular flexibility index (Phi) is 31.0. The first-order valence-electron chi connectivity index (χ1n) is 19.1. The maximum atomic E-state index is 10.3. The van der Waals surface area contributed by atoms with Crippen LogP contribution < -0.4 is 47.8 Å². The van der Waals surface area contributed by atoms with E-state index in [9.17, 15) is 59.4 Å². The predicted molar refractivity (Wildman–Crippen MR) is 227 cm³/mol. The summed E-state index contributed by atoms with van der Waals surface area (Å²) in [6.45, 7) is 0. The molecular weight excluding hydrogens is 954 g/mol. The fraction of sp³-hybridized carbons (Fsp3) is 0.133. The second-order valence-electron chi connectivity index (χ2n) is 12.8. The Labute approximate surface area is 398 Å². The van der Waals surface area contributed by atoms with Gasteiger partial charge >= 0.3 is 21.1 Å². The molecule has 0 bridgehead atoms. The Balaban J connectivity index is 0.000000779. The standard InChI is InChI=1S/3C9H11NO2.3C6H6N2O2.Mo/c3*10-8(9(11)12)6-7-4-2-1-3-5-7;3*9-6(10)2-1-5-3-7-4-8-5;/h3*1-5,8H,6,10H2,(H,11,12);3*1-4H,(H,7,8)(H,9,10);/q;;;;;;+6/p-6/t3*8-;;;;/m000..../s1. The van der Waals surface area contributed by atoms with Crippen LogP contribution in [0, 0.1) is 0 Å². The minimum atomic E-state index is -1.22. The number of carboxylic acids is 6. The van der Waals surface area contributed by atoms with E-state index in [-0.39, 0.29) is 21.1 Å². The molecule has 0 radical (unpaired) electrons. The van der Waals surface area contributed by atoms with Gasteiger partial charge in [-0.1, -0.05) is 91.0 Å². The van der Waals surface area contributed by atoms with Crippen LogP contribution in [0.2, 0.25) is 0 Å². The fourth-order valence-corrected chi connectivity index (χ4v) is 4.40. The van der Waals surface area contributed by atoms with Gasteiger partial charge in [0.05, 0.1) is 71.9 Å². The van der Waals surface area contributed by atoms with Crippen molar-refractivity contribution in [1.82, 2.24) is 29.9 Å². The van der Waals surface area contributed by atoms with Gasteiger partial charge < -0.3 is 91.6 Å². The number of aliphatic carboxylic acids is 6. The van der Waals surface area contributed by atoms with E-state index in [0.717, 1.165) is 34.9 Å². The molecular formula is C45H45MoN9O12. The molecule has 3 atom stereocenters. The van der Waals surface area contributed by atoms with E-state index in [0.29, 0.717) is 36.3 Å². The third-order valence-electron chi connectivity index (χ3n) is 7.53. The minimum absolute atomic E-state index is 0. The van der Waals surface area contributed by atoms with Gasteiger partial charge in [0.25, 0.3) is 0 Å². The number of nitrogens with zero attached hydrogens (tertiary/aromatic N) is 3. The zero-order valence-corrected chi connectivity index (χ0v) is 37.3. The Bertz CT molecular complexity index is 2100. The average molecular weight is 1000 g/mol. The van der Waals surface area contributed by atoms with Crippen molar-refractivity contribution >= 4 is 54.0 Å². The van der Waals surface area contributed by atoms with E-state index in [1.807, 2.05) is 91.0 Å². The molecule has 6 aromatic rings. The van der Waals surface area contributed by atoms with Gasteiger partial charge in [-0.05, 0) is 72.4 Å². The van der Waals surface area contributed by atoms with Crippen LogP contribution in [-0.4, -0.2) is 83.8 Å². The zero-order valence-electron chi connectivity index (χ0n) is 35.3. The van der Waals surface area contributed by atoms with Gasteiger partial charge in [0.15, 0.2) is 0 Å². The number of hydrogen-bond acceptors (Lipinski definition) is 18. The van der Waals surface area contributed by atoms with Gasteiger partial charge in [-0.25, -0.2) is 15.0 Å². The van der Waals surface area contributed by atoms with Crippen LogP contribution in [0.3, 0.4) is 0 Å². The fourth-order valence-electron chi connectivity index (χ4n) is 4.40. The third kappa shape index (κ3) is 31.4. The number of nitrogens with one attached hydrogen (secondary N) is 3. The number of H-pyrrole nitrogens is 3. The molecule has 21 nitrogen and oxygen atoms in total. The average Bonchev–Trinajstić information content (AvgIpc) is 4.12. The van der Waals surface area contributed by atoms with Gasteiger partial charge in [0.1, 0.15) is 0 Å². The molecule has 3 aromatic carbocycles. The summed E-state index contributed by atoms with van der Waals surface area (Å²) in [5, 5.41) is 60.4. The van der Waals surface area contributed by atoms with E-state index < -0.39 is 53.9 Å². The van der Waals surface area contributed by atoms with Crippen LogP contribution in [0.15, 0.2) is 147 Å². The molecule has 9 N–H and O–H groups in total. The largest absolute Gasteiger partial charge is 6.00 e. The number of hydrogen-bond donors (Lipinski definition) is 6. The summed E-state index contributed by atoms with van der Waals surface area (Å²) in [4.78, 5) is 79.7. The van der Waals surface area contributed by atoms with E-state index in [2.05, 4.69) is 29.9 Å². The SMILES string of the molecule is N[C@@H](Cc1ccccc1)C(=O)[O-].N[C@@H](Cc1ccccc1)C(=O)[O-].N[C@@H](Cc1ccccc1)C(=O)[O-].O=C([O-])C=Cc1c[nH]cn1.O=C([O-])C=Cc1c[nH]cn1.O=C([O-])C=Cc1c[nH]cn1.[Mo+6]. The topological polar surface area (TPSA) is 405 Å².